The predicted molar refractivity (Wildman–Crippen MR) is 120 cm³/mol. The smallest absolute Gasteiger partial charge is 0.161 e. The van der Waals surface area contributed by atoms with Gasteiger partial charge in [-0.15, -0.1) is 0 Å². The van der Waals surface area contributed by atoms with Crippen LogP contribution >= 0.6 is 0 Å². The fourth-order valence-corrected chi connectivity index (χ4v) is 4.64. The lowest BCUT2D eigenvalue weighted by molar-refractivity contribution is -0.116. The van der Waals surface area contributed by atoms with E-state index in [-0.39, 0.29) is 5.78 Å². The molecule has 30 heavy (non-hydrogen) atoms. The van der Waals surface area contributed by atoms with E-state index in [1.54, 1.807) is 0 Å². The Morgan fingerprint density at radius 3 is 2.53 bits per heavy atom. The van der Waals surface area contributed by atoms with Crippen molar-refractivity contribution >= 4 is 11.5 Å². The first-order valence-electron chi connectivity index (χ1n) is 10.6. The minimum absolute atomic E-state index is 0.123. The molecule has 0 bridgehead atoms. The van der Waals surface area contributed by atoms with E-state index in [9.17, 15) is 10.1 Å². The van der Waals surface area contributed by atoms with E-state index in [1.165, 1.54) is 5.56 Å². The zero-order valence-electron chi connectivity index (χ0n) is 17.8. The van der Waals surface area contributed by atoms with Gasteiger partial charge in [0.05, 0.1) is 17.6 Å². The van der Waals surface area contributed by atoms with E-state index in [0.717, 1.165) is 52.9 Å². The van der Waals surface area contributed by atoms with Gasteiger partial charge in [-0.1, -0.05) is 42.8 Å². The van der Waals surface area contributed by atoms with Crippen LogP contribution in [0, 0.1) is 25.2 Å². The van der Waals surface area contributed by atoms with E-state index in [2.05, 4.69) is 43.3 Å². The number of nitrogens with two attached hydrogens (primary N) is 1. The van der Waals surface area contributed by atoms with Gasteiger partial charge >= 0.3 is 0 Å². The number of anilines is 1. The van der Waals surface area contributed by atoms with Crippen molar-refractivity contribution in [3.05, 3.63) is 87.4 Å². The minimum Gasteiger partial charge on any atom is -0.384 e. The molecule has 0 radical (unpaired) electrons. The molecule has 0 amide bonds. The van der Waals surface area contributed by atoms with Gasteiger partial charge in [-0.25, -0.2) is 0 Å². The molecule has 0 aromatic heterocycles. The number of hydrogen-bond acceptors (Lipinski definition) is 4. The molecule has 1 aliphatic heterocycles. The topological polar surface area (TPSA) is 70.1 Å². The average Bonchev–Trinajstić information content (AvgIpc) is 2.75. The van der Waals surface area contributed by atoms with Gasteiger partial charge in [0.25, 0.3) is 0 Å². The van der Waals surface area contributed by atoms with Crippen molar-refractivity contribution in [3.63, 3.8) is 0 Å². The van der Waals surface area contributed by atoms with Crippen molar-refractivity contribution in [1.29, 1.82) is 5.26 Å². The summed E-state index contributed by atoms with van der Waals surface area (Å²) in [5.74, 6) is 0.155. The molecule has 4 rings (SSSR count). The van der Waals surface area contributed by atoms with Crippen molar-refractivity contribution < 1.29 is 4.79 Å². The van der Waals surface area contributed by atoms with Gasteiger partial charge in [-0.3, -0.25) is 9.69 Å². The molecule has 2 aliphatic rings. The van der Waals surface area contributed by atoms with Gasteiger partial charge < -0.3 is 5.73 Å². The minimum atomic E-state index is -0.399. The molecule has 2 N–H and O–H groups in total. The van der Waals surface area contributed by atoms with Gasteiger partial charge in [0.1, 0.15) is 5.82 Å². The van der Waals surface area contributed by atoms with Gasteiger partial charge in [0.15, 0.2) is 5.78 Å². The Morgan fingerprint density at radius 2 is 1.87 bits per heavy atom. The number of rotatable bonds is 3. The Bertz CT molecular complexity index is 1120. The molecule has 4 heteroatoms. The number of benzene rings is 2. The van der Waals surface area contributed by atoms with E-state index in [0.29, 0.717) is 17.8 Å². The lowest BCUT2D eigenvalue weighted by atomic mass is 9.74. The van der Waals surface area contributed by atoms with Crippen LogP contribution in [0.2, 0.25) is 0 Å². The van der Waals surface area contributed by atoms with Crippen LogP contribution in [0.5, 0.6) is 0 Å². The third-order valence-corrected chi connectivity index (χ3v) is 6.26. The molecule has 1 aliphatic carbocycles. The number of carbonyl (C=O) groups is 1. The van der Waals surface area contributed by atoms with Gasteiger partial charge in [-0.2, -0.15) is 5.26 Å². The monoisotopic (exact) mass is 397 g/mol. The first-order chi connectivity index (χ1) is 14.5. The second-order valence-electron chi connectivity index (χ2n) is 8.20. The Kier molecular flexibility index (Phi) is 5.22. The van der Waals surface area contributed by atoms with Gasteiger partial charge in [-0.05, 0) is 61.9 Å². The summed E-state index contributed by atoms with van der Waals surface area (Å²) in [5.41, 5.74) is 14.1. The molecule has 2 aromatic rings. The summed E-state index contributed by atoms with van der Waals surface area (Å²) in [6.07, 6.45) is 3.05. The standard InChI is InChI=1S/C26H27N3O/c1-4-18-10-12-19(13-11-18)29-22-6-5-7-23(30)25(22)24(21(15-27)26(29)28)20-14-16(2)8-9-17(20)3/h8-14,24H,4-7,28H2,1-3H3. The lowest BCUT2D eigenvalue weighted by Crippen LogP contribution is -2.38. The van der Waals surface area contributed by atoms with Crippen LogP contribution in [0.1, 0.15) is 54.4 Å². The second kappa shape index (κ2) is 7.84. The fourth-order valence-electron chi connectivity index (χ4n) is 4.64. The number of allylic oxidation sites excluding steroid dienone is 3. The molecular formula is C26H27N3O. The number of Topliss-reactive ketones (excluding diaryl/α,β-unsaturated/α-hetero) is 1. The summed E-state index contributed by atoms with van der Waals surface area (Å²) >= 11 is 0. The first-order valence-corrected chi connectivity index (χ1v) is 10.6. The fraction of sp³-hybridized carbons (Fsp3) is 0.308. The van der Waals surface area contributed by atoms with E-state index in [1.807, 2.05) is 30.9 Å². The molecule has 0 saturated carbocycles. The lowest BCUT2D eigenvalue weighted by Gasteiger charge is -2.40. The number of nitrogens with zero attached hydrogens (tertiary/aromatic N) is 2. The summed E-state index contributed by atoms with van der Waals surface area (Å²) in [7, 11) is 0. The van der Waals surface area contributed by atoms with Crippen LogP contribution in [0.25, 0.3) is 0 Å². The first kappa shape index (κ1) is 20.0. The molecule has 4 nitrogen and oxygen atoms in total. The quantitative estimate of drug-likeness (QED) is 0.776. The summed E-state index contributed by atoms with van der Waals surface area (Å²) in [6, 6.07) is 16.8. The number of hydrogen-bond donors (Lipinski definition) is 1. The van der Waals surface area contributed by atoms with Crippen LogP contribution in [0.3, 0.4) is 0 Å². The van der Waals surface area contributed by atoms with Gasteiger partial charge in [0, 0.05) is 23.4 Å². The zero-order valence-corrected chi connectivity index (χ0v) is 17.8. The Morgan fingerprint density at radius 1 is 1.13 bits per heavy atom. The highest BCUT2D eigenvalue weighted by Gasteiger charge is 2.40. The zero-order chi connectivity index (χ0) is 21.4. The average molecular weight is 398 g/mol. The third-order valence-electron chi connectivity index (χ3n) is 6.26. The maximum absolute atomic E-state index is 13.2. The molecule has 2 aromatic carbocycles. The van der Waals surface area contributed by atoms with E-state index < -0.39 is 5.92 Å². The van der Waals surface area contributed by atoms with Crippen molar-refractivity contribution in [2.24, 2.45) is 5.73 Å². The molecule has 0 fully saturated rings. The summed E-state index contributed by atoms with van der Waals surface area (Å²) in [5, 5.41) is 10.1. The van der Waals surface area contributed by atoms with E-state index >= 15 is 0 Å². The highest BCUT2D eigenvalue weighted by Crippen LogP contribution is 2.47. The number of nitriles is 1. The summed E-state index contributed by atoms with van der Waals surface area (Å²) < 4.78 is 0. The van der Waals surface area contributed by atoms with Crippen LogP contribution in [-0.2, 0) is 11.2 Å². The number of aryl methyl sites for hydroxylation is 3. The maximum Gasteiger partial charge on any atom is 0.161 e. The SMILES string of the molecule is CCc1ccc(N2C(N)=C(C#N)C(c3cc(C)ccc3C)C3=C2CCCC3=O)cc1. The molecule has 1 unspecified atom stereocenters. The number of carbonyl (C=O) groups excluding carboxylic acids is 1. The Labute approximate surface area is 178 Å². The second-order valence-corrected chi connectivity index (χ2v) is 8.20. The summed E-state index contributed by atoms with van der Waals surface area (Å²) in [6.45, 7) is 6.18. The van der Waals surface area contributed by atoms with E-state index in [4.69, 9.17) is 5.73 Å². The molecule has 152 valence electrons. The van der Waals surface area contributed by atoms with Crippen LogP contribution in [0.4, 0.5) is 5.69 Å². The van der Waals surface area contributed by atoms with Crippen molar-refractivity contribution in [2.75, 3.05) is 4.90 Å². The highest BCUT2D eigenvalue weighted by molar-refractivity contribution is 6.01. The largest absolute Gasteiger partial charge is 0.384 e. The molecule has 0 saturated heterocycles. The third kappa shape index (κ3) is 3.21. The molecule has 1 atom stereocenters. The van der Waals surface area contributed by atoms with Crippen molar-refractivity contribution in [1.82, 2.24) is 0 Å². The predicted octanol–water partition coefficient (Wildman–Crippen LogP) is 5.17. The molecular weight excluding hydrogens is 370 g/mol. The van der Waals surface area contributed by atoms with Crippen LogP contribution in [0.15, 0.2) is 65.1 Å². The maximum atomic E-state index is 13.2. The number of ketones is 1. The van der Waals surface area contributed by atoms with Crippen molar-refractivity contribution in [3.8, 4) is 6.07 Å². The van der Waals surface area contributed by atoms with Gasteiger partial charge in [0.2, 0.25) is 0 Å². The van der Waals surface area contributed by atoms with Crippen LogP contribution in [-0.4, -0.2) is 5.78 Å². The van der Waals surface area contributed by atoms with Crippen molar-refractivity contribution in [2.45, 2.75) is 52.4 Å². The molecule has 1 heterocycles. The Hall–Kier alpha value is -3.32. The Balaban J connectivity index is 1.96. The summed E-state index contributed by atoms with van der Waals surface area (Å²) in [4.78, 5) is 15.1. The normalized spacial score (nSPS) is 19.1. The van der Waals surface area contributed by atoms with Crippen LogP contribution < -0.4 is 10.6 Å². The highest BCUT2D eigenvalue weighted by atomic mass is 16.1. The molecule has 0 spiro atoms.